The Labute approximate surface area is 125 Å². The van der Waals surface area contributed by atoms with Crippen LogP contribution in [-0.2, 0) is 9.47 Å². The lowest BCUT2D eigenvalue weighted by Gasteiger charge is -2.18. The van der Waals surface area contributed by atoms with Crippen LogP contribution in [0.5, 0.6) is 0 Å². The lowest BCUT2D eigenvalue weighted by molar-refractivity contribution is -0.0104. The molecule has 4 heteroatoms. The molecule has 0 aliphatic heterocycles. The van der Waals surface area contributed by atoms with Gasteiger partial charge in [-0.15, -0.1) is 0 Å². The average molecular weight is 289 g/mol. The fourth-order valence-electron chi connectivity index (χ4n) is 1.89. The van der Waals surface area contributed by atoms with Gasteiger partial charge in [0.25, 0.3) is 0 Å². The number of aliphatic hydroxyl groups excluding tert-OH is 1. The van der Waals surface area contributed by atoms with E-state index in [0.717, 1.165) is 12.3 Å². The minimum atomic E-state index is -0.443. The summed E-state index contributed by atoms with van der Waals surface area (Å²) in [5.41, 5.74) is 0. The summed E-state index contributed by atoms with van der Waals surface area (Å²) in [6.07, 6.45) is 3.46. The number of hydrogen-bond acceptors (Lipinski definition) is 4. The molecule has 2 N–H and O–H groups in total. The molecular formula is C16H35NO3. The van der Waals surface area contributed by atoms with Gasteiger partial charge >= 0.3 is 0 Å². The van der Waals surface area contributed by atoms with Gasteiger partial charge in [0.05, 0.1) is 32.0 Å². The second kappa shape index (κ2) is 12.6. The summed E-state index contributed by atoms with van der Waals surface area (Å²) in [4.78, 5) is 0. The van der Waals surface area contributed by atoms with Crippen molar-refractivity contribution in [3.05, 3.63) is 0 Å². The smallest absolute Gasteiger partial charge is 0.0897 e. The fourth-order valence-corrected chi connectivity index (χ4v) is 1.89. The molecule has 0 aliphatic rings. The summed E-state index contributed by atoms with van der Waals surface area (Å²) in [7, 11) is 0. The summed E-state index contributed by atoms with van der Waals surface area (Å²) in [5.74, 6) is 0.772. The molecule has 0 aromatic heterocycles. The first kappa shape index (κ1) is 19.8. The molecule has 2 unspecified atom stereocenters. The average Bonchev–Trinajstić information content (AvgIpc) is 2.35. The zero-order valence-electron chi connectivity index (χ0n) is 14.0. The topological polar surface area (TPSA) is 50.7 Å². The molecule has 0 aromatic carbocycles. The number of aliphatic hydroxyl groups is 1. The zero-order chi connectivity index (χ0) is 15.4. The summed E-state index contributed by atoms with van der Waals surface area (Å²) in [6, 6.07) is 0.452. The lowest BCUT2D eigenvalue weighted by atomic mass is 10.0. The largest absolute Gasteiger partial charge is 0.389 e. The maximum absolute atomic E-state index is 9.79. The normalized spacial score (nSPS) is 15.0. The van der Waals surface area contributed by atoms with Crippen LogP contribution in [0.4, 0.5) is 0 Å². The van der Waals surface area contributed by atoms with E-state index in [4.69, 9.17) is 9.47 Å². The Hall–Kier alpha value is -0.160. The van der Waals surface area contributed by atoms with E-state index < -0.39 is 6.10 Å². The zero-order valence-corrected chi connectivity index (χ0v) is 14.0. The van der Waals surface area contributed by atoms with Gasteiger partial charge in [0, 0.05) is 12.6 Å². The van der Waals surface area contributed by atoms with E-state index in [0.29, 0.717) is 32.4 Å². The standard InChI is InChI=1S/C16H35NO3/c1-13(2)7-6-8-15(5)17-11-16(18)12-19-9-10-20-14(3)4/h13-18H,6-12H2,1-5H3. The second-order valence-electron chi connectivity index (χ2n) is 6.28. The SMILES string of the molecule is CC(C)CCCC(C)NCC(O)COCCOC(C)C. The summed E-state index contributed by atoms with van der Waals surface area (Å²) in [5, 5.41) is 13.1. The van der Waals surface area contributed by atoms with Crippen molar-refractivity contribution < 1.29 is 14.6 Å². The minimum Gasteiger partial charge on any atom is -0.389 e. The lowest BCUT2D eigenvalue weighted by Crippen LogP contribution is -2.36. The molecule has 0 rings (SSSR count). The van der Waals surface area contributed by atoms with Gasteiger partial charge in [-0.2, -0.15) is 0 Å². The highest BCUT2D eigenvalue weighted by Gasteiger charge is 2.07. The first-order valence-electron chi connectivity index (χ1n) is 8.02. The summed E-state index contributed by atoms with van der Waals surface area (Å²) < 4.78 is 10.7. The minimum absolute atomic E-state index is 0.233. The van der Waals surface area contributed by atoms with Crippen LogP contribution < -0.4 is 5.32 Å². The Kier molecular flexibility index (Phi) is 12.5. The Morgan fingerprint density at radius 1 is 1.00 bits per heavy atom. The second-order valence-corrected chi connectivity index (χ2v) is 6.28. The van der Waals surface area contributed by atoms with E-state index in [9.17, 15) is 5.11 Å². The van der Waals surface area contributed by atoms with Crippen molar-refractivity contribution >= 4 is 0 Å². The van der Waals surface area contributed by atoms with Crippen molar-refractivity contribution in [1.82, 2.24) is 5.32 Å². The Morgan fingerprint density at radius 2 is 1.70 bits per heavy atom. The third-order valence-corrected chi connectivity index (χ3v) is 3.11. The van der Waals surface area contributed by atoms with E-state index in [1.165, 1.54) is 12.8 Å². The van der Waals surface area contributed by atoms with Gasteiger partial charge in [-0.25, -0.2) is 0 Å². The number of hydrogen-bond donors (Lipinski definition) is 2. The van der Waals surface area contributed by atoms with Crippen molar-refractivity contribution in [3.63, 3.8) is 0 Å². The Balaban J connectivity index is 3.40. The third-order valence-electron chi connectivity index (χ3n) is 3.11. The van der Waals surface area contributed by atoms with Gasteiger partial charge < -0.3 is 19.9 Å². The predicted molar refractivity (Wildman–Crippen MR) is 84.1 cm³/mol. The summed E-state index contributed by atoms with van der Waals surface area (Å²) >= 11 is 0. The molecule has 20 heavy (non-hydrogen) atoms. The number of ether oxygens (including phenoxy) is 2. The van der Waals surface area contributed by atoms with Gasteiger partial charge in [0.15, 0.2) is 0 Å². The summed E-state index contributed by atoms with van der Waals surface area (Å²) in [6.45, 7) is 12.8. The van der Waals surface area contributed by atoms with E-state index in [2.05, 4.69) is 26.1 Å². The molecule has 0 saturated heterocycles. The van der Waals surface area contributed by atoms with Crippen molar-refractivity contribution in [1.29, 1.82) is 0 Å². The molecule has 2 atom stereocenters. The molecule has 0 aromatic rings. The van der Waals surface area contributed by atoms with Gasteiger partial charge in [-0.3, -0.25) is 0 Å². The van der Waals surface area contributed by atoms with E-state index in [-0.39, 0.29) is 6.10 Å². The van der Waals surface area contributed by atoms with Crippen LogP contribution in [0, 0.1) is 5.92 Å². The van der Waals surface area contributed by atoms with Crippen LogP contribution >= 0.6 is 0 Å². The Bertz CT molecular complexity index is 210. The number of rotatable bonds is 13. The Morgan fingerprint density at radius 3 is 2.30 bits per heavy atom. The fraction of sp³-hybridized carbons (Fsp3) is 1.00. The highest BCUT2D eigenvalue weighted by Crippen LogP contribution is 2.08. The maximum atomic E-state index is 9.79. The van der Waals surface area contributed by atoms with Crippen LogP contribution in [0.15, 0.2) is 0 Å². The van der Waals surface area contributed by atoms with Gasteiger partial charge in [0.2, 0.25) is 0 Å². The van der Waals surface area contributed by atoms with Crippen LogP contribution in [0.3, 0.4) is 0 Å². The molecule has 0 fully saturated rings. The van der Waals surface area contributed by atoms with Gasteiger partial charge in [-0.1, -0.05) is 26.7 Å². The molecule has 0 amide bonds. The van der Waals surface area contributed by atoms with Crippen molar-refractivity contribution in [2.75, 3.05) is 26.4 Å². The van der Waals surface area contributed by atoms with Crippen LogP contribution in [0.2, 0.25) is 0 Å². The number of nitrogens with one attached hydrogen (secondary N) is 1. The van der Waals surface area contributed by atoms with Crippen LogP contribution in [0.25, 0.3) is 0 Å². The van der Waals surface area contributed by atoms with Crippen molar-refractivity contribution in [3.8, 4) is 0 Å². The van der Waals surface area contributed by atoms with Crippen LogP contribution in [0.1, 0.15) is 53.9 Å². The van der Waals surface area contributed by atoms with E-state index in [1.807, 2.05) is 13.8 Å². The van der Waals surface area contributed by atoms with E-state index >= 15 is 0 Å². The molecule has 0 bridgehead atoms. The maximum Gasteiger partial charge on any atom is 0.0897 e. The first-order chi connectivity index (χ1) is 9.41. The first-order valence-corrected chi connectivity index (χ1v) is 8.02. The molecule has 4 nitrogen and oxygen atoms in total. The molecular weight excluding hydrogens is 254 g/mol. The highest BCUT2D eigenvalue weighted by molar-refractivity contribution is 4.65. The predicted octanol–water partition coefficient (Wildman–Crippen LogP) is 2.59. The molecule has 0 aliphatic carbocycles. The monoisotopic (exact) mass is 289 g/mol. The molecule has 0 radical (unpaired) electrons. The van der Waals surface area contributed by atoms with Crippen molar-refractivity contribution in [2.45, 2.75) is 72.1 Å². The van der Waals surface area contributed by atoms with E-state index in [1.54, 1.807) is 0 Å². The van der Waals surface area contributed by atoms with Gasteiger partial charge in [-0.05, 0) is 33.1 Å². The quantitative estimate of drug-likeness (QED) is 0.512. The van der Waals surface area contributed by atoms with Crippen LogP contribution in [-0.4, -0.2) is 49.7 Å². The van der Waals surface area contributed by atoms with Crippen molar-refractivity contribution in [2.24, 2.45) is 5.92 Å². The molecule has 0 saturated carbocycles. The molecule has 122 valence electrons. The third kappa shape index (κ3) is 14.3. The molecule has 0 spiro atoms. The molecule has 0 heterocycles. The van der Waals surface area contributed by atoms with Gasteiger partial charge in [0.1, 0.15) is 0 Å². The highest BCUT2D eigenvalue weighted by atomic mass is 16.5.